The third kappa shape index (κ3) is 7.88. The van der Waals surface area contributed by atoms with Crippen molar-refractivity contribution in [3.05, 3.63) is 63.7 Å². The fourth-order valence-electron chi connectivity index (χ4n) is 2.12. The number of hydrazine groups is 2. The van der Waals surface area contributed by atoms with Crippen LogP contribution in [0.1, 0.15) is 11.1 Å². The Hall–Kier alpha value is -3.75. The van der Waals surface area contributed by atoms with E-state index in [1.165, 1.54) is 31.8 Å². The van der Waals surface area contributed by atoms with Gasteiger partial charge in [0.15, 0.2) is 16.3 Å². The number of hydrogen-bond donors (Lipinski definition) is 5. The first kappa shape index (κ1) is 25.3. The molecule has 0 aliphatic carbocycles. The van der Waals surface area contributed by atoms with Gasteiger partial charge < -0.3 is 19.6 Å². The van der Waals surface area contributed by atoms with Gasteiger partial charge in [0.1, 0.15) is 0 Å². The van der Waals surface area contributed by atoms with Gasteiger partial charge in [-0.15, -0.1) is 0 Å². The zero-order chi connectivity index (χ0) is 23.6. The molecule has 2 aromatic carbocycles. The van der Waals surface area contributed by atoms with E-state index in [0.29, 0.717) is 21.9 Å². The maximum Gasteiger partial charge on any atom is 0.366 e. The molecule has 14 heteroatoms. The second-order valence-electron chi connectivity index (χ2n) is 5.68. The molecule has 0 saturated carbocycles. The Balaban J connectivity index is 0.000000367. The zero-order valence-electron chi connectivity index (χ0n) is 16.8. The first-order valence-electron chi connectivity index (χ1n) is 8.32. The molecule has 168 valence electrons. The second-order valence-corrected chi connectivity index (χ2v) is 7.10. The topological polar surface area (TPSA) is 187 Å². The van der Waals surface area contributed by atoms with E-state index in [1.54, 1.807) is 30.3 Å². The number of guanidine groups is 1. The molecule has 5 N–H and O–H groups in total. The normalized spacial score (nSPS) is 10.9. The average molecular weight is 456 g/mol. The van der Waals surface area contributed by atoms with Crippen molar-refractivity contribution in [2.45, 2.75) is 11.8 Å². The fraction of sp³-hybridized carbons (Fsp3) is 0.176. The molecule has 0 unspecified atom stereocenters. The molecule has 2 aromatic rings. The Labute approximate surface area is 177 Å². The van der Waals surface area contributed by atoms with Gasteiger partial charge in [0.05, 0.1) is 24.7 Å². The van der Waals surface area contributed by atoms with Gasteiger partial charge in [0, 0.05) is 5.43 Å². The highest BCUT2D eigenvalue weighted by atomic mass is 32.2. The van der Waals surface area contributed by atoms with Gasteiger partial charge >= 0.3 is 5.96 Å². The fourth-order valence-corrected chi connectivity index (χ4v) is 2.60. The van der Waals surface area contributed by atoms with Crippen LogP contribution in [0.2, 0.25) is 0 Å². The van der Waals surface area contributed by atoms with Crippen LogP contribution < -0.4 is 20.4 Å². The van der Waals surface area contributed by atoms with Crippen molar-refractivity contribution < 1.29 is 37.5 Å². The summed E-state index contributed by atoms with van der Waals surface area (Å²) in [6, 6.07) is 10.8. The van der Waals surface area contributed by atoms with Gasteiger partial charge in [-0.3, -0.25) is 9.76 Å². The molecule has 0 aliphatic heterocycles. The number of hydroxylamine groups is 1. The number of hydrazone groups is 2. The number of nitro groups is 1. The second kappa shape index (κ2) is 11.4. The molecule has 0 fully saturated rings. The smallest absolute Gasteiger partial charge is 0.366 e. The van der Waals surface area contributed by atoms with Gasteiger partial charge in [0.2, 0.25) is 5.03 Å². The lowest BCUT2D eigenvalue weighted by Gasteiger charge is -2.08. The van der Waals surface area contributed by atoms with E-state index in [1.807, 2.05) is 12.3 Å². The SMILES string of the molecule is COc1cccc(C=[N+](NC(=N)NO)[N+](=O)[O-])c1OC.Cc1ccc(S(=O)(=O)O)cc1. The molecule has 0 radical (unpaired) electrons. The van der Waals surface area contributed by atoms with E-state index in [9.17, 15) is 18.5 Å². The lowest BCUT2D eigenvalue weighted by molar-refractivity contribution is -1.11. The van der Waals surface area contributed by atoms with Gasteiger partial charge in [-0.05, 0) is 31.2 Å². The van der Waals surface area contributed by atoms with Crippen LogP contribution in [0.5, 0.6) is 11.5 Å². The monoisotopic (exact) mass is 456 g/mol. The first-order chi connectivity index (χ1) is 14.5. The number of ether oxygens (including phenoxy) is 2. The standard InChI is InChI=1S/C10H14N5O5.C7H8O3S/c1-19-8-5-3-4-7(9(8)20-2)6-14(15(17)18)12-10(11)13-16;1-6-2-4-7(5-3-6)11(8,9)10/h3-6,16H,1-2H3,(H3,11,12,13);2-5H,1H3,(H,8,9,10)/q+1;. The summed E-state index contributed by atoms with van der Waals surface area (Å²) in [5, 5.41) is 25.6. The molecule has 31 heavy (non-hydrogen) atoms. The van der Waals surface area contributed by atoms with Crippen LogP contribution in [0.4, 0.5) is 0 Å². The minimum Gasteiger partial charge on any atom is -0.493 e. The van der Waals surface area contributed by atoms with Crippen LogP contribution in [0.15, 0.2) is 47.4 Å². The quantitative estimate of drug-likeness (QED) is 0.105. The molecule has 0 spiro atoms. The predicted molar refractivity (Wildman–Crippen MR) is 109 cm³/mol. The molecule has 2 rings (SSSR count). The molecule has 0 heterocycles. The van der Waals surface area contributed by atoms with Crippen LogP contribution in [0.3, 0.4) is 0 Å². The highest BCUT2D eigenvalue weighted by Crippen LogP contribution is 2.29. The molecule has 0 amide bonds. The van der Waals surface area contributed by atoms with Gasteiger partial charge in [-0.25, -0.2) is 10.9 Å². The summed E-state index contributed by atoms with van der Waals surface area (Å²) in [6.07, 6.45) is 1.08. The minimum absolute atomic E-state index is 0.0666. The number of hydrogen-bond acceptors (Lipinski definition) is 8. The number of para-hydroxylation sites is 1. The van der Waals surface area contributed by atoms with Crippen molar-refractivity contribution in [1.29, 1.82) is 5.41 Å². The third-order valence-corrected chi connectivity index (χ3v) is 4.40. The minimum atomic E-state index is -4.02. The van der Waals surface area contributed by atoms with E-state index in [0.717, 1.165) is 11.8 Å². The summed E-state index contributed by atoms with van der Waals surface area (Å²) in [5.41, 5.74) is 4.75. The largest absolute Gasteiger partial charge is 0.493 e. The van der Waals surface area contributed by atoms with Crippen molar-refractivity contribution in [3.8, 4) is 11.5 Å². The van der Waals surface area contributed by atoms with Crippen molar-refractivity contribution in [2.24, 2.45) is 0 Å². The summed E-state index contributed by atoms with van der Waals surface area (Å²) < 4.78 is 39.8. The molecule has 0 aliphatic rings. The van der Waals surface area contributed by atoms with Crippen molar-refractivity contribution in [1.82, 2.24) is 10.9 Å². The maximum atomic E-state index is 10.9. The number of nitrogens with zero attached hydrogens (tertiary/aromatic N) is 2. The Morgan fingerprint density at radius 3 is 2.23 bits per heavy atom. The highest BCUT2D eigenvalue weighted by molar-refractivity contribution is 7.85. The predicted octanol–water partition coefficient (Wildman–Crippen LogP) is 0.987. The van der Waals surface area contributed by atoms with Crippen LogP contribution in [-0.4, -0.2) is 54.4 Å². The number of methoxy groups -OCH3 is 2. The number of benzene rings is 2. The molecule has 0 atom stereocenters. The molecular formula is C17H22N5O8S+. The van der Waals surface area contributed by atoms with Crippen LogP contribution in [0, 0.1) is 22.4 Å². The Morgan fingerprint density at radius 2 is 1.77 bits per heavy atom. The van der Waals surface area contributed by atoms with Gasteiger partial charge in [-0.2, -0.15) is 8.42 Å². The lowest BCUT2D eigenvalue weighted by atomic mass is 10.2. The van der Waals surface area contributed by atoms with Crippen molar-refractivity contribution in [3.63, 3.8) is 0 Å². The van der Waals surface area contributed by atoms with E-state index < -0.39 is 21.1 Å². The van der Waals surface area contributed by atoms with E-state index in [4.69, 9.17) is 24.6 Å². The average Bonchev–Trinajstić information content (AvgIpc) is 2.72. The van der Waals surface area contributed by atoms with Crippen molar-refractivity contribution >= 4 is 22.3 Å². The van der Waals surface area contributed by atoms with Gasteiger partial charge in [0.25, 0.3) is 16.3 Å². The zero-order valence-corrected chi connectivity index (χ0v) is 17.6. The summed E-state index contributed by atoms with van der Waals surface area (Å²) in [5.74, 6) is 0.0341. The summed E-state index contributed by atoms with van der Waals surface area (Å²) in [6.45, 7) is 1.84. The van der Waals surface area contributed by atoms with Crippen LogP contribution in [-0.2, 0) is 10.1 Å². The summed E-state index contributed by atoms with van der Waals surface area (Å²) in [7, 11) is -1.18. The summed E-state index contributed by atoms with van der Waals surface area (Å²) >= 11 is 0. The summed E-state index contributed by atoms with van der Waals surface area (Å²) in [4.78, 5) is 11.2. The molecule has 13 nitrogen and oxygen atoms in total. The van der Waals surface area contributed by atoms with Gasteiger partial charge in [-0.1, -0.05) is 23.8 Å². The lowest BCUT2D eigenvalue weighted by Crippen LogP contribution is -2.44. The molecule has 0 aromatic heterocycles. The third-order valence-electron chi connectivity index (χ3n) is 3.53. The Bertz CT molecular complexity index is 1050. The Morgan fingerprint density at radius 1 is 1.16 bits per heavy atom. The first-order valence-corrected chi connectivity index (χ1v) is 9.76. The maximum absolute atomic E-state index is 10.9. The molecular weight excluding hydrogens is 434 g/mol. The molecule has 0 bridgehead atoms. The highest BCUT2D eigenvalue weighted by Gasteiger charge is 2.21. The van der Waals surface area contributed by atoms with Crippen molar-refractivity contribution in [2.75, 3.05) is 14.2 Å². The van der Waals surface area contributed by atoms with Crippen LogP contribution in [0.25, 0.3) is 0 Å². The number of rotatable bonds is 6. The number of nitrogens with one attached hydrogen (secondary N) is 3. The molecule has 0 saturated heterocycles. The van der Waals surface area contributed by atoms with E-state index in [2.05, 4.69) is 0 Å². The van der Waals surface area contributed by atoms with E-state index in [-0.39, 0.29) is 4.90 Å². The van der Waals surface area contributed by atoms with Crippen LogP contribution >= 0.6 is 0 Å². The number of aryl methyl sites for hydroxylation is 1. The Kier molecular flexibility index (Phi) is 9.33. The van der Waals surface area contributed by atoms with E-state index >= 15 is 0 Å².